The first-order valence-electron chi connectivity index (χ1n) is 9.50. The minimum Gasteiger partial charge on any atom is -0.326 e. The number of likely N-dealkylation sites (tertiary alicyclic amines) is 1. The van der Waals surface area contributed by atoms with Gasteiger partial charge >= 0.3 is 6.03 Å². The highest BCUT2D eigenvalue weighted by molar-refractivity contribution is 5.93. The van der Waals surface area contributed by atoms with Gasteiger partial charge in [-0.15, -0.1) is 0 Å². The maximum atomic E-state index is 12.2. The maximum Gasteiger partial charge on any atom is 0.324 e. The third-order valence-electron chi connectivity index (χ3n) is 5.87. The second-order valence-electron chi connectivity index (χ2n) is 7.80. The van der Waals surface area contributed by atoms with E-state index in [0.717, 1.165) is 44.8 Å². The average Bonchev–Trinajstić information content (AvgIpc) is 3.04. The topological polar surface area (TPSA) is 73.3 Å². The van der Waals surface area contributed by atoms with Crippen LogP contribution >= 0.6 is 0 Å². The van der Waals surface area contributed by atoms with E-state index >= 15 is 0 Å². The molecule has 8 heteroatoms. The molecular weight excluding hydrogens is 330 g/mol. The third kappa shape index (κ3) is 2.78. The van der Waals surface area contributed by atoms with Crippen LogP contribution in [0.2, 0.25) is 0 Å². The molecule has 1 atom stereocenters. The summed E-state index contributed by atoms with van der Waals surface area (Å²) in [6, 6.07) is 0.431. The van der Waals surface area contributed by atoms with Gasteiger partial charge in [-0.1, -0.05) is 0 Å². The zero-order valence-corrected chi connectivity index (χ0v) is 15.1. The van der Waals surface area contributed by atoms with Crippen LogP contribution in [-0.2, 0) is 6.54 Å². The van der Waals surface area contributed by atoms with Gasteiger partial charge < -0.3 is 4.90 Å². The number of H-pyrrole nitrogens is 1. The number of aromatic amines is 1. The van der Waals surface area contributed by atoms with E-state index in [0.29, 0.717) is 12.0 Å². The summed E-state index contributed by atoms with van der Waals surface area (Å²) in [5.41, 5.74) is 3.59. The number of nitrogens with one attached hydrogen (secondary N) is 1. The Morgan fingerprint density at radius 1 is 1.19 bits per heavy atom. The summed E-state index contributed by atoms with van der Waals surface area (Å²) in [5, 5.41) is 12.0. The quantitative estimate of drug-likeness (QED) is 0.888. The molecule has 1 aliphatic carbocycles. The fraction of sp³-hybridized carbons (Fsp3) is 0.611. The largest absolute Gasteiger partial charge is 0.326 e. The van der Waals surface area contributed by atoms with Crippen molar-refractivity contribution in [3.05, 3.63) is 29.8 Å². The fourth-order valence-corrected chi connectivity index (χ4v) is 4.14. The maximum absolute atomic E-state index is 12.2. The van der Waals surface area contributed by atoms with Crippen LogP contribution in [0, 0.1) is 0 Å². The Morgan fingerprint density at radius 2 is 2.08 bits per heavy atom. The number of urea groups is 1. The van der Waals surface area contributed by atoms with Crippen molar-refractivity contribution in [1.82, 2.24) is 29.8 Å². The smallest absolute Gasteiger partial charge is 0.324 e. The molecule has 2 aromatic rings. The second-order valence-corrected chi connectivity index (χ2v) is 7.80. The van der Waals surface area contributed by atoms with E-state index in [1.54, 1.807) is 4.90 Å². The van der Waals surface area contributed by atoms with Crippen LogP contribution in [0.25, 0.3) is 0 Å². The zero-order valence-electron chi connectivity index (χ0n) is 15.1. The van der Waals surface area contributed by atoms with Gasteiger partial charge in [0.05, 0.1) is 24.1 Å². The molecule has 4 heterocycles. The minimum absolute atomic E-state index is 0.0603. The van der Waals surface area contributed by atoms with Crippen LogP contribution in [0.15, 0.2) is 18.6 Å². The molecule has 26 heavy (non-hydrogen) atoms. The van der Waals surface area contributed by atoms with Crippen molar-refractivity contribution in [2.75, 3.05) is 38.1 Å². The Morgan fingerprint density at radius 3 is 2.85 bits per heavy atom. The zero-order chi connectivity index (χ0) is 17.7. The van der Waals surface area contributed by atoms with E-state index in [9.17, 15) is 4.79 Å². The number of hydrogen-bond acceptors (Lipinski definition) is 4. The number of carbonyl (C=O) groups is 1. The Labute approximate surface area is 152 Å². The molecule has 0 radical (unpaired) electrons. The predicted molar refractivity (Wildman–Crippen MR) is 97.1 cm³/mol. The Hall–Kier alpha value is -2.35. The third-order valence-corrected chi connectivity index (χ3v) is 5.87. The number of nitrogens with zero attached hydrogens (tertiary/aromatic N) is 6. The van der Waals surface area contributed by atoms with Crippen LogP contribution in [-0.4, -0.2) is 69.0 Å². The number of carbonyl (C=O) groups excluding carboxylic acids is 1. The molecule has 2 saturated heterocycles. The van der Waals surface area contributed by atoms with Gasteiger partial charge in [0.25, 0.3) is 0 Å². The standard InChI is InChI=1S/C18H25N7O/c1-22-6-7-24(18(22)26)16-9-20-25(12-16)15-4-5-23(11-15)10-14-8-19-21-17(14)13-2-3-13/h8-9,12-13,15H,2-7,10-11H2,1H3,(H,19,21). The molecule has 1 unspecified atom stereocenters. The minimum atomic E-state index is 0.0603. The molecule has 3 fully saturated rings. The molecule has 1 saturated carbocycles. The molecule has 1 N–H and O–H groups in total. The molecule has 0 bridgehead atoms. The fourth-order valence-electron chi connectivity index (χ4n) is 4.14. The van der Waals surface area contributed by atoms with E-state index in [4.69, 9.17) is 0 Å². The first kappa shape index (κ1) is 15.9. The van der Waals surface area contributed by atoms with Gasteiger partial charge in [0, 0.05) is 63.1 Å². The lowest BCUT2D eigenvalue weighted by Crippen LogP contribution is -2.28. The summed E-state index contributed by atoms with van der Waals surface area (Å²) in [5.74, 6) is 0.704. The van der Waals surface area contributed by atoms with Crippen molar-refractivity contribution in [1.29, 1.82) is 0 Å². The Kier molecular flexibility index (Phi) is 3.74. The van der Waals surface area contributed by atoms with Gasteiger partial charge in [-0.05, 0) is 19.3 Å². The summed E-state index contributed by atoms with van der Waals surface area (Å²) in [4.78, 5) is 18.2. The summed E-state index contributed by atoms with van der Waals surface area (Å²) in [7, 11) is 1.84. The molecule has 0 aromatic carbocycles. The highest BCUT2D eigenvalue weighted by atomic mass is 16.2. The molecule has 5 rings (SSSR count). The van der Waals surface area contributed by atoms with Gasteiger partial charge in [0.2, 0.25) is 0 Å². The van der Waals surface area contributed by atoms with Crippen molar-refractivity contribution < 1.29 is 4.79 Å². The average molecular weight is 355 g/mol. The lowest BCUT2D eigenvalue weighted by Gasteiger charge is -2.16. The first-order valence-corrected chi connectivity index (χ1v) is 9.50. The van der Waals surface area contributed by atoms with Crippen molar-refractivity contribution in [3.8, 4) is 0 Å². The molecule has 2 aromatic heterocycles. The number of likely N-dealkylation sites (N-methyl/N-ethyl adjacent to an activating group) is 1. The monoisotopic (exact) mass is 355 g/mol. The lowest BCUT2D eigenvalue weighted by molar-refractivity contribution is 0.229. The number of aromatic nitrogens is 4. The van der Waals surface area contributed by atoms with Crippen molar-refractivity contribution in [2.45, 2.75) is 37.8 Å². The first-order chi connectivity index (χ1) is 12.7. The number of anilines is 1. The number of rotatable bonds is 5. The van der Waals surface area contributed by atoms with Crippen molar-refractivity contribution in [2.24, 2.45) is 0 Å². The van der Waals surface area contributed by atoms with Gasteiger partial charge in [-0.25, -0.2) is 4.79 Å². The van der Waals surface area contributed by atoms with Gasteiger partial charge in [0.15, 0.2) is 0 Å². The Balaban J connectivity index is 1.24. The van der Waals surface area contributed by atoms with E-state index in [-0.39, 0.29) is 6.03 Å². The SMILES string of the molecule is CN1CCN(c2cnn(C3CCN(Cc4cn[nH]c4C4CC4)C3)c2)C1=O. The van der Waals surface area contributed by atoms with E-state index in [1.807, 2.05) is 35.2 Å². The van der Waals surface area contributed by atoms with Crippen LogP contribution < -0.4 is 4.90 Å². The number of hydrogen-bond donors (Lipinski definition) is 1. The van der Waals surface area contributed by atoms with Crippen molar-refractivity contribution >= 4 is 11.7 Å². The van der Waals surface area contributed by atoms with Crippen molar-refractivity contribution in [3.63, 3.8) is 0 Å². The molecular formula is C18H25N7O. The predicted octanol–water partition coefficient (Wildman–Crippen LogP) is 1.80. The summed E-state index contributed by atoms with van der Waals surface area (Å²) in [6.07, 6.45) is 9.50. The summed E-state index contributed by atoms with van der Waals surface area (Å²) < 4.78 is 2.04. The van der Waals surface area contributed by atoms with E-state index < -0.39 is 0 Å². The normalized spacial score (nSPS) is 24.2. The molecule has 3 aliphatic rings. The molecule has 138 valence electrons. The Bertz CT molecular complexity index is 808. The van der Waals surface area contributed by atoms with Crippen LogP contribution in [0.4, 0.5) is 10.5 Å². The second kappa shape index (κ2) is 6.12. The van der Waals surface area contributed by atoms with Gasteiger partial charge in [-0.2, -0.15) is 10.2 Å². The van der Waals surface area contributed by atoms with E-state index in [2.05, 4.69) is 20.2 Å². The van der Waals surface area contributed by atoms with Gasteiger partial charge in [0.1, 0.15) is 0 Å². The molecule has 8 nitrogen and oxygen atoms in total. The summed E-state index contributed by atoms with van der Waals surface area (Å²) >= 11 is 0. The molecule has 0 spiro atoms. The van der Waals surface area contributed by atoms with Crippen LogP contribution in [0.1, 0.15) is 42.5 Å². The molecule has 2 aliphatic heterocycles. The highest BCUT2D eigenvalue weighted by Gasteiger charge is 2.31. The van der Waals surface area contributed by atoms with E-state index in [1.165, 1.54) is 24.1 Å². The highest BCUT2D eigenvalue weighted by Crippen LogP contribution is 2.41. The van der Waals surface area contributed by atoms with Crippen LogP contribution in [0.3, 0.4) is 0 Å². The van der Waals surface area contributed by atoms with Crippen LogP contribution in [0.5, 0.6) is 0 Å². The molecule has 2 amide bonds. The summed E-state index contributed by atoms with van der Waals surface area (Å²) in [6.45, 7) is 4.53. The lowest BCUT2D eigenvalue weighted by atomic mass is 10.2. The number of amides is 2. The van der Waals surface area contributed by atoms with Gasteiger partial charge in [-0.3, -0.25) is 19.6 Å².